The fourth-order valence-corrected chi connectivity index (χ4v) is 1.13. The van der Waals surface area contributed by atoms with Crippen LogP contribution in [0.25, 0.3) is 11.0 Å². The number of aromatic hydroxyl groups is 2. The van der Waals surface area contributed by atoms with Gasteiger partial charge in [0, 0.05) is 5.16 Å². The molecule has 0 bridgehead atoms. The molecule has 8 nitrogen and oxygen atoms in total. The standard InChI is InChI=1S/C6H6N4O4/c7-1-3-4(10(13)14-9-3)2(8)6(12)5(1)11/h11-12H,7-8H2. The summed E-state index contributed by atoms with van der Waals surface area (Å²) in [5.74, 6) is -1.29. The minimum atomic E-state index is -0.664. The molecule has 6 N–H and O–H groups in total. The Bertz CT molecular complexity index is 520. The summed E-state index contributed by atoms with van der Waals surface area (Å²) in [7, 11) is 0. The largest absolute Gasteiger partial charge is 0.503 e. The van der Waals surface area contributed by atoms with Crippen molar-refractivity contribution in [2.24, 2.45) is 0 Å². The molecule has 0 saturated heterocycles. The summed E-state index contributed by atoms with van der Waals surface area (Å²) in [6.07, 6.45) is 0. The predicted octanol–water partition coefficient (Wildman–Crippen LogP) is -0.963. The number of nitrogens with zero attached hydrogens (tertiary/aromatic N) is 2. The van der Waals surface area contributed by atoms with Crippen LogP contribution in [0, 0.1) is 5.21 Å². The van der Waals surface area contributed by atoms with Crippen LogP contribution in [0.3, 0.4) is 0 Å². The van der Waals surface area contributed by atoms with E-state index in [1.54, 1.807) is 0 Å². The number of anilines is 2. The lowest BCUT2D eigenvalue weighted by Gasteiger charge is -2.02. The van der Waals surface area contributed by atoms with Crippen LogP contribution in [0.4, 0.5) is 11.4 Å². The lowest BCUT2D eigenvalue weighted by atomic mass is 10.2. The Morgan fingerprint density at radius 3 is 2.43 bits per heavy atom. The van der Waals surface area contributed by atoms with Crippen molar-refractivity contribution in [3.8, 4) is 11.5 Å². The molecule has 1 aromatic heterocycles. The Kier molecular flexibility index (Phi) is 1.36. The van der Waals surface area contributed by atoms with Crippen molar-refractivity contribution in [2.45, 2.75) is 0 Å². The maximum atomic E-state index is 11.0. The minimum Gasteiger partial charge on any atom is -0.503 e. The molecule has 74 valence electrons. The van der Waals surface area contributed by atoms with Gasteiger partial charge in [-0.3, -0.25) is 4.63 Å². The van der Waals surface area contributed by atoms with Crippen LogP contribution >= 0.6 is 0 Å². The second-order valence-electron chi connectivity index (χ2n) is 2.65. The molecule has 2 rings (SSSR count). The Morgan fingerprint density at radius 2 is 1.79 bits per heavy atom. The number of nitrogens with two attached hydrogens (primary N) is 2. The quantitative estimate of drug-likeness (QED) is 0.242. The zero-order chi connectivity index (χ0) is 10.5. The van der Waals surface area contributed by atoms with Crippen molar-refractivity contribution in [3.63, 3.8) is 0 Å². The highest BCUT2D eigenvalue weighted by Gasteiger charge is 2.24. The first kappa shape index (κ1) is 8.23. The molecule has 2 aromatic rings. The minimum absolute atomic E-state index is 0.000185. The number of aromatic nitrogens is 2. The number of nitrogen functional groups attached to an aromatic ring is 2. The summed E-state index contributed by atoms with van der Waals surface area (Å²) < 4.78 is 4.22. The van der Waals surface area contributed by atoms with E-state index in [1.807, 2.05) is 0 Å². The number of hydrogen-bond acceptors (Lipinski definition) is 7. The molecule has 1 aromatic carbocycles. The van der Waals surface area contributed by atoms with Gasteiger partial charge in [0.25, 0.3) is 11.0 Å². The maximum absolute atomic E-state index is 11.0. The van der Waals surface area contributed by atoms with E-state index in [-0.39, 0.29) is 27.3 Å². The molecule has 0 radical (unpaired) electrons. The van der Waals surface area contributed by atoms with E-state index in [9.17, 15) is 15.4 Å². The molecule has 0 aliphatic heterocycles. The third-order valence-corrected chi connectivity index (χ3v) is 1.86. The average molecular weight is 198 g/mol. The van der Waals surface area contributed by atoms with Gasteiger partial charge in [0.05, 0.1) is 0 Å². The molecule has 0 atom stereocenters. The van der Waals surface area contributed by atoms with Crippen molar-refractivity contribution < 1.29 is 19.7 Å². The number of phenols is 2. The molecule has 8 heteroatoms. The molecular weight excluding hydrogens is 192 g/mol. The van der Waals surface area contributed by atoms with Gasteiger partial charge in [-0.05, 0) is 4.90 Å². The van der Waals surface area contributed by atoms with Gasteiger partial charge in [-0.1, -0.05) is 0 Å². The van der Waals surface area contributed by atoms with Gasteiger partial charge in [0.1, 0.15) is 11.4 Å². The van der Waals surface area contributed by atoms with Crippen LogP contribution in [-0.2, 0) is 0 Å². The van der Waals surface area contributed by atoms with E-state index >= 15 is 0 Å². The summed E-state index contributed by atoms with van der Waals surface area (Å²) in [6.45, 7) is 0. The molecule has 0 aliphatic carbocycles. The molecule has 0 unspecified atom stereocenters. The Morgan fingerprint density at radius 1 is 1.21 bits per heavy atom. The molecule has 0 fully saturated rings. The van der Waals surface area contributed by atoms with Crippen LogP contribution in [0.2, 0.25) is 0 Å². The number of hydrogen-bond donors (Lipinski definition) is 4. The van der Waals surface area contributed by atoms with E-state index in [2.05, 4.69) is 9.79 Å². The van der Waals surface area contributed by atoms with Gasteiger partial charge in [0.2, 0.25) is 0 Å². The first-order valence-electron chi connectivity index (χ1n) is 3.52. The van der Waals surface area contributed by atoms with Crippen molar-refractivity contribution >= 4 is 22.4 Å². The molecule has 0 saturated carbocycles. The predicted molar refractivity (Wildman–Crippen MR) is 45.1 cm³/mol. The highest BCUT2D eigenvalue weighted by Crippen LogP contribution is 2.41. The van der Waals surface area contributed by atoms with Gasteiger partial charge in [0.15, 0.2) is 11.5 Å². The summed E-state index contributed by atoms with van der Waals surface area (Å²) in [5, 5.41) is 32.8. The zero-order valence-corrected chi connectivity index (χ0v) is 6.76. The molecule has 0 spiro atoms. The molecular formula is C6H6N4O4. The fourth-order valence-electron chi connectivity index (χ4n) is 1.13. The molecule has 14 heavy (non-hydrogen) atoms. The molecule has 0 amide bonds. The summed E-state index contributed by atoms with van der Waals surface area (Å²) in [6, 6.07) is 0. The van der Waals surface area contributed by atoms with Crippen molar-refractivity contribution in [2.75, 3.05) is 11.5 Å². The van der Waals surface area contributed by atoms with Gasteiger partial charge in [-0.2, -0.15) is 0 Å². The van der Waals surface area contributed by atoms with Crippen molar-refractivity contribution in [1.82, 2.24) is 5.16 Å². The van der Waals surface area contributed by atoms with E-state index in [4.69, 9.17) is 11.5 Å². The normalized spacial score (nSPS) is 10.9. The van der Waals surface area contributed by atoms with Gasteiger partial charge >= 0.3 is 0 Å². The second-order valence-corrected chi connectivity index (χ2v) is 2.65. The van der Waals surface area contributed by atoms with Crippen molar-refractivity contribution in [1.29, 1.82) is 0 Å². The third kappa shape index (κ3) is 0.762. The fraction of sp³-hybridized carbons (Fsp3) is 0. The second kappa shape index (κ2) is 2.31. The van der Waals surface area contributed by atoms with Crippen molar-refractivity contribution in [3.05, 3.63) is 5.21 Å². The maximum Gasteiger partial charge on any atom is 0.277 e. The van der Waals surface area contributed by atoms with Crippen LogP contribution < -0.4 is 16.4 Å². The summed E-state index contributed by atoms with van der Waals surface area (Å²) >= 11 is 0. The van der Waals surface area contributed by atoms with Gasteiger partial charge in [-0.25, -0.2) is 0 Å². The number of benzene rings is 1. The smallest absolute Gasteiger partial charge is 0.277 e. The first-order valence-corrected chi connectivity index (χ1v) is 3.52. The van der Waals surface area contributed by atoms with Crippen LogP contribution in [-0.4, -0.2) is 15.4 Å². The van der Waals surface area contributed by atoms with Gasteiger partial charge < -0.3 is 26.9 Å². The third-order valence-electron chi connectivity index (χ3n) is 1.86. The average Bonchev–Trinajstić information content (AvgIpc) is 2.54. The highest BCUT2D eigenvalue weighted by atomic mass is 16.8. The van der Waals surface area contributed by atoms with E-state index in [0.717, 1.165) is 0 Å². The number of rotatable bonds is 0. The van der Waals surface area contributed by atoms with E-state index in [0.29, 0.717) is 0 Å². The Balaban J connectivity index is 3.05. The number of fused-ring (bicyclic) bond motifs is 1. The first-order chi connectivity index (χ1) is 6.54. The monoisotopic (exact) mass is 198 g/mol. The van der Waals surface area contributed by atoms with E-state index < -0.39 is 11.5 Å². The zero-order valence-electron chi connectivity index (χ0n) is 6.76. The lowest BCUT2D eigenvalue weighted by Crippen LogP contribution is -2.23. The summed E-state index contributed by atoms with van der Waals surface area (Å²) in [5.41, 5.74) is 9.82. The molecule has 0 aliphatic rings. The van der Waals surface area contributed by atoms with Crippen LogP contribution in [0.5, 0.6) is 11.5 Å². The van der Waals surface area contributed by atoms with Gasteiger partial charge in [-0.15, -0.1) is 0 Å². The van der Waals surface area contributed by atoms with E-state index in [1.165, 1.54) is 0 Å². The topological polar surface area (TPSA) is 145 Å². The Labute approximate surface area is 76.5 Å². The summed E-state index contributed by atoms with van der Waals surface area (Å²) in [4.78, 5) is 0.000185. The SMILES string of the molecule is Nc1c(O)c(O)c(N)c2c1no[n+]2[O-]. The molecule has 1 heterocycles. The van der Waals surface area contributed by atoms with Crippen LogP contribution in [0.1, 0.15) is 0 Å². The highest BCUT2D eigenvalue weighted by molar-refractivity contribution is 5.99. The van der Waals surface area contributed by atoms with Crippen LogP contribution in [0.15, 0.2) is 4.63 Å². The Hall–Kier alpha value is -2.38. The number of phenolic OH excluding ortho intramolecular Hbond substituents is 2. The lowest BCUT2D eigenvalue weighted by molar-refractivity contribution is -0.781.